The predicted molar refractivity (Wildman–Crippen MR) is 75.5 cm³/mol. The first-order valence-corrected chi connectivity index (χ1v) is 6.40. The number of ether oxygens (including phenoxy) is 1. The van der Waals surface area contributed by atoms with E-state index in [9.17, 15) is 0 Å². The molecule has 1 aromatic heterocycles. The van der Waals surface area contributed by atoms with Crippen LogP contribution >= 0.6 is 15.9 Å². The maximum atomic E-state index is 5.79. The first kappa shape index (κ1) is 12.8. The molecule has 0 saturated carbocycles. The molecule has 1 heterocycles. The van der Waals surface area contributed by atoms with Crippen molar-refractivity contribution in [1.29, 1.82) is 0 Å². The van der Waals surface area contributed by atoms with Crippen molar-refractivity contribution >= 4 is 21.7 Å². The van der Waals surface area contributed by atoms with Crippen LogP contribution in [0.25, 0.3) is 11.4 Å². The van der Waals surface area contributed by atoms with Gasteiger partial charge in [0.05, 0.1) is 7.11 Å². The van der Waals surface area contributed by atoms with E-state index < -0.39 is 0 Å². The Morgan fingerprint density at radius 3 is 2.67 bits per heavy atom. The Labute approximate surface area is 114 Å². The number of nitrogen functional groups attached to an aromatic ring is 1. The van der Waals surface area contributed by atoms with E-state index in [-0.39, 0.29) is 0 Å². The number of nitrogens with zero attached hydrogens (tertiary/aromatic N) is 2. The largest absolute Gasteiger partial charge is 0.497 e. The molecule has 2 N–H and O–H groups in total. The molecular weight excluding hydrogens is 294 g/mol. The van der Waals surface area contributed by atoms with Gasteiger partial charge in [-0.15, -0.1) is 0 Å². The summed E-state index contributed by atoms with van der Waals surface area (Å²) in [5.41, 5.74) is 7.62. The Kier molecular flexibility index (Phi) is 3.81. The van der Waals surface area contributed by atoms with Crippen molar-refractivity contribution in [1.82, 2.24) is 9.97 Å². The van der Waals surface area contributed by atoms with Gasteiger partial charge >= 0.3 is 0 Å². The van der Waals surface area contributed by atoms with Crippen LogP contribution in [0.3, 0.4) is 0 Å². The van der Waals surface area contributed by atoms with Crippen LogP contribution in [0, 0.1) is 0 Å². The van der Waals surface area contributed by atoms with Crippen molar-refractivity contribution in [3.05, 3.63) is 34.4 Å². The van der Waals surface area contributed by atoms with E-state index >= 15 is 0 Å². The van der Waals surface area contributed by atoms with E-state index in [2.05, 4.69) is 25.9 Å². The number of methoxy groups -OCH3 is 1. The molecule has 0 radical (unpaired) electrons. The Balaban J connectivity index is 2.51. The number of rotatable bonds is 3. The summed E-state index contributed by atoms with van der Waals surface area (Å²) in [7, 11) is 1.63. The lowest BCUT2D eigenvalue weighted by Gasteiger charge is -2.08. The van der Waals surface area contributed by atoms with Gasteiger partial charge in [-0.25, -0.2) is 9.97 Å². The Hall–Kier alpha value is -1.62. The number of hydrogen-bond donors (Lipinski definition) is 1. The summed E-state index contributed by atoms with van der Waals surface area (Å²) in [6, 6.07) is 7.46. The molecule has 2 rings (SSSR count). The summed E-state index contributed by atoms with van der Waals surface area (Å²) < 4.78 is 6.04. The van der Waals surface area contributed by atoms with Crippen LogP contribution in [0.15, 0.2) is 28.7 Å². The molecular formula is C13H14BrN3O. The normalized spacial score (nSPS) is 10.4. The van der Waals surface area contributed by atoms with Gasteiger partial charge in [-0.3, -0.25) is 0 Å². The summed E-state index contributed by atoms with van der Waals surface area (Å²) in [4.78, 5) is 8.74. The van der Waals surface area contributed by atoms with E-state index in [1.165, 1.54) is 0 Å². The van der Waals surface area contributed by atoms with E-state index in [0.29, 0.717) is 11.6 Å². The highest BCUT2D eigenvalue weighted by atomic mass is 79.9. The average Bonchev–Trinajstić information content (AvgIpc) is 2.37. The molecule has 0 unspecified atom stereocenters. The molecule has 5 heteroatoms. The van der Waals surface area contributed by atoms with Crippen LogP contribution in [-0.4, -0.2) is 17.1 Å². The van der Waals surface area contributed by atoms with Gasteiger partial charge in [0.25, 0.3) is 0 Å². The van der Waals surface area contributed by atoms with Gasteiger partial charge in [-0.1, -0.05) is 6.92 Å². The van der Waals surface area contributed by atoms with Crippen LogP contribution in [0.5, 0.6) is 5.75 Å². The molecule has 0 saturated heterocycles. The van der Waals surface area contributed by atoms with Crippen LogP contribution < -0.4 is 10.5 Å². The number of halogens is 1. The highest BCUT2D eigenvalue weighted by Crippen LogP contribution is 2.29. The Bertz CT molecular complexity index is 572. The zero-order chi connectivity index (χ0) is 13.1. The fraction of sp³-hybridized carbons (Fsp3) is 0.231. The molecule has 0 fully saturated rings. The van der Waals surface area contributed by atoms with Gasteiger partial charge in [0.15, 0.2) is 5.82 Å². The van der Waals surface area contributed by atoms with Gasteiger partial charge in [0.1, 0.15) is 11.6 Å². The Morgan fingerprint density at radius 1 is 1.28 bits per heavy atom. The Morgan fingerprint density at radius 2 is 2.06 bits per heavy atom. The molecule has 0 spiro atoms. The summed E-state index contributed by atoms with van der Waals surface area (Å²) in [6.45, 7) is 2.04. The molecule has 0 amide bonds. The number of hydrogen-bond acceptors (Lipinski definition) is 4. The van der Waals surface area contributed by atoms with Crippen molar-refractivity contribution in [3.63, 3.8) is 0 Å². The van der Waals surface area contributed by atoms with Gasteiger partial charge < -0.3 is 10.5 Å². The van der Waals surface area contributed by atoms with E-state index in [1.54, 1.807) is 13.2 Å². The van der Waals surface area contributed by atoms with Crippen molar-refractivity contribution in [3.8, 4) is 17.1 Å². The minimum absolute atomic E-state index is 0.486. The minimum atomic E-state index is 0.486. The summed E-state index contributed by atoms with van der Waals surface area (Å²) in [5.74, 6) is 1.89. The second-order valence-corrected chi connectivity index (χ2v) is 4.66. The molecule has 0 aliphatic heterocycles. The molecule has 4 nitrogen and oxygen atoms in total. The zero-order valence-corrected chi connectivity index (χ0v) is 11.9. The van der Waals surface area contributed by atoms with Crippen LogP contribution in [-0.2, 0) is 6.42 Å². The highest BCUT2D eigenvalue weighted by molar-refractivity contribution is 9.10. The highest BCUT2D eigenvalue weighted by Gasteiger charge is 2.09. The smallest absolute Gasteiger partial charge is 0.162 e. The molecule has 2 aromatic rings. The lowest BCUT2D eigenvalue weighted by molar-refractivity contribution is 0.414. The van der Waals surface area contributed by atoms with Crippen molar-refractivity contribution < 1.29 is 4.74 Å². The fourth-order valence-electron chi connectivity index (χ4n) is 1.62. The lowest BCUT2D eigenvalue weighted by Crippen LogP contribution is -2.00. The standard InChI is InChI=1S/C13H14BrN3O/c1-3-8-6-12(15)17-13(16-8)10-5-4-9(18-2)7-11(10)14/h4-7H,3H2,1-2H3,(H2,15,16,17). The first-order valence-electron chi connectivity index (χ1n) is 5.61. The average molecular weight is 308 g/mol. The quantitative estimate of drug-likeness (QED) is 0.946. The van der Waals surface area contributed by atoms with Gasteiger partial charge in [0.2, 0.25) is 0 Å². The fourth-order valence-corrected chi connectivity index (χ4v) is 2.16. The monoisotopic (exact) mass is 307 g/mol. The van der Waals surface area contributed by atoms with Gasteiger partial charge in [0, 0.05) is 21.8 Å². The van der Waals surface area contributed by atoms with Crippen LogP contribution in [0.4, 0.5) is 5.82 Å². The van der Waals surface area contributed by atoms with Gasteiger partial charge in [-0.2, -0.15) is 0 Å². The first-order chi connectivity index (χ1) is 8.63. The van der Waals surface area contributed by atoms with Crippen molar-refractivity contribution in [2.45, 2.75) is 13.3 Å². The molecule has 1 aromatic carbocycles. The maximum Gasteiger partial charge on any atom is 0.162 e. The van der Waals surface area contributed by atoms with Crippen molar-refractivity contribution in [2.24, 2.45) is 0 Å². The molecule has 0 aliphatic carbocycles. The zero-order valence-electron chi connectivity index (χ0n) is 10.3. The SMILES string of the molecule is CCc1cc(N)nc(-c2ccc(OC)cc2Br)n1. The molecule has 94 valence electrons. The van der Waals surface area contributed by atoms with Crippen LogP contribution in [0.1, 0.15) is 12.6 Å². The molecule has 18 heavy (non-hydrogen) atoms. The number of aromatic nitrogens is 2. The topological polar surface area (TPSA) is 61.0 Å². The molecule has 0 bridgehead atoms. The van der Waals surface area contributed by atoms with E-state index in [0.717, 1.165) is 27.9 Å². The summed E-state index contributed by atoms with van der Waals surface area (Å²) in [6.07, 6.45) is 0.827. The number of anilines is 1. The summed E-state index contributed by atoms with van der Waals surface area (Å²) in [5, 5.41) is 0. The second kappa shape index (κ2) is 5.35. The third kappa shape index (κ3) is 2.61. The van der Waals surface area contributed by atoms with Crippen molar-refractivity contribution in [2.75, 3.05) is 12.8 Å². The lowest BCUT2D eigenvalue weighted by atomic mass is 10.2. The number of nitrogens with two attached hydrogens (primary N) is 1. The molecule has 0 atom stereocenters. The summed E-state index contributed by atoms with van der Waals surface area (Å²) >= 11 is 3.49. The predicted octanol–water partition coefficient (Wildman–Crippen LogP) is 3.06. The molecule has 0 aliphatic rings. The maximum absolute atomic E-state index is 5.79. The third-order valence-corrected chi connectivity index (χ3v) is 3.23. The second-order valence-electron chi connectivity index (χ2n) is 3.81. The van der Waals surface area contributed by atoms with Crippen LogP contribution in [0.2, 0.25) is 0 Å². The number of aryl methyl sites for hydroxylation is 1. The van der Waals surface area contributed by atoms with Gasteiger partial charge in [-0.05, 0) is 40.5 Å². The minimum Gasteiger partial charge on any atom is -0.497 e. The van der Waals surface area contributed by atoms with E-state index in [1.807, 2.05) is 25.1 Å². The number of benzene rings is 1. The third-order valence-electron chi connectivity index (χ3n) is 2.58. The van der Waals surface area contributed by atoms with E-state index in [4.69, 9.17) is 10.5 Å².